The molecule has 1 aliphatic carbocycles. The first kappa shape index (κ1) is 12.6. The van der Waals surface area contributed by atoms with Crippen LogP contribution in [-0.2, 0) is 0 Å². The van der Waals surface area contributed by atoms with Gasteiger partial charge < -0.3 is 10.5 Å². The zero-order chi connectivity index (χ0) is 14.1. The smallest absolute Gasteiger partial charge is 0.269 e. The number of carbonyl (C=O) groups is 1. The second-order valence-electron chi connectivity index (χ2n) is 4.66. The topological polar surface area (TPSA) is 95.9 Å². The van der Waals surface area contributed by atoms with E-state index in [4.69, 9.17) is 10.5 Å². The van der Waals surface area contributed by atoms with E-state index in [0.717, 1.165) is 18.4 Å². The van der Waals surface area contributed by atoms with Crippen LogP contribution in [0.15, 0.2) is 18.6 Å². The number of nitrogens with two attached hydrogens (primary N) is 1. The highest BCUT2D eigenvalue weighted by atomic mass is 16.5. The number of primary amides is 1. The monoisotopic (exact) mass is 273 g/mol. The molecule has 1 aliphatic rings. The third-order valence-electron chi connectivity index (χ3n) is 3.12. The summed E-state index contributed by atoms with van der Waals surface area (Å²) in [7, 11) is 0. The third kappa shape index (κ3) is 2.34. The lowest BCUT2D eigenvalue weighted by molar-refractivity contribution is 0.0994. The Labute approximate surface area is 115 Å². The van der Waals surface area contributed by atoms with Gasteiger partial charge in [0.2, 0.25) is 5.88 Å². The second-order valence-corrected chi connectivity index (χ2v) is 4.66. The first-order valence-corrected chi connectivity index (χ1v) is 6.53. The van der Waals surface area contributed by atoms with Crippen LogP contribution in [0.4, 0.5) is 0 Å². The zero-order valence-electron chi connectivity index (χ0n) is 11.1. The van der Waals surface area contributed by atoms with Gasteiger partial charge in [-0.25, -0.2) is 4.68 Å². The highest BCUT2D eigenvalue weighted by molar-refractivity contribution is 5.92. The highest BCUT2D eigenvalue weighted by Gasteiger charge is 2.30. The molecule has 1 saturated carbocycles. The van der Waals surface area contributed by atoms with Gasteiger partial charge in [-0.2, -0.15) is 10.1 Å². The molecule has 0 saturated heterocycles. The van der Waals surface area contributed by atoms with Crippen LogP contribution in [0.1, 0.15) is 41.7 Å². The van der Waals surface area contributed by atoms with Gasteiger partial charge in [-0.05, 0) is 25.7 Å². The molecule has 7 heteroatoms. The minimum absolute atomic E-state index is 0.316. The van der Waals surface area contributed by atoms with Crippen LogP contribution in [0.2, 0.25) is 0 Å². The summed E-state index contributed by atoms with van der Waals surface area (Å²) in [5, 5.41) is 4.23. The Kier molecular flexibility index (Phi) is 3.09. The summed E-state index contributed by atoms with van der Waals surface area (Å²) in [6.07, 6.45) is 7.04. The molecule has 2 N–H and O–H groups in total. The van der Waals surface area contributed by atoms with Crippen LogP contribution in [0.3, 0.4) is 0 Å². The fourth-order valence-electron chi connectivity index (χ4n) is 2.06. The lowest BCUT2D eigenvalue weighted by Crippen LogP contribution is -2.14. The van der Waals surface area contributed by atoms with Gasteiger partial charge in [0, 0.05) is 11.8 Å². The second kappa shape index (κ2) is 4.92. The average Bonchev–Trinajstić information content (AvgIpc) is 3.18. The van der Waals surface area contributed by atoms with Gasteiger partial charge in [0.1, 0.15) is 0 Å². The molecule has 7 nitrogen and oxygen atoms in total. The number of nitrogens with zero attached hydrogens (tertiary/aromatic N) is 4. The fourth-order valence-corrected chi connectivity index (χ4v) is 2.06. The number of aromatic nitrogens is 4. The van der Waals surface area contributed by atoms with Crippen molar-refractivity contribution in [1.29, 1.82) is 0 Å². The molecular weight excluding hydrogens is 258 g/mol. The molecule has 0 atom stereocenters. The number of carbonyl (C=O) groups excluding carboxylic acids is 1. The number of amides is 1. The summed E-state index contributed by atoms with van der Waals surface area (Å²) < 4.78 is 6.84. The first-order chi connectivity index (χ1) is 9.69. The molecule has 2 aromatic rings. The van der Waals surface area contributed by atoms with Gasteiger partial charge in [0.15, 0.2) is 11.5 Å². The van der Waals surface area contributed by atoms with Crippen molar-refractivity contribution in [3.05, 3.63) is 29.8 Å². The van der Waals surface area contributed by atoms with Gasteiger partial charge in [-0.15, -0.1) is 0 Å². The summed E-state index contributed by atoms with van der Waals surface area (Å²) in [5.74, 6) is 0.799. The number of rotatable bonds is 5. The van der Waals surface area contributed by atoms with E-state index >= 15 is 0 Å². The van der Waals surface area contributed by atoms with Crippen LogP contribution >= 0.6 is 0 Å². The minimum Gasteiger partial charge on any atom is -0.477 e. The fraction of sp³-hybridized carbons (Fsp3) is 0.385. The molecule has 3 rings (SSSR count). The Morgan fingerprint density at radius 3 is 2.95 bits per heavy atom. The van der Waals surface area contributed by atoms with Gasteiger partial charge in [-0.1, -0.05) is 0 Å². The van der Waals surface area contributed by atoms with Crippen LogP contribution < -0.4 is 10.5 Å². The van der Waals surface area contributed by atoms with Crippen molar-refractivity contribution in [2.45, 2.75) is 25.7 Å². The van der Waals surface area contributed by atoms with Crippen LogP contribution in [0, 0.1) is 0 Å². The minimum atomic E-state index is -0.514. The van der Waals surface area contributed by atoms with Gasteiger partial charge in [0.05, 0.1) is 19.0 Å². The Hall–Kier alpha value is -2.44. The molecule has 0 aliphatic heterocycles. The van der Waals surface area contributed by atoms with Crippen molar-refractivity contribution >= 4 is 5.91 Å². The largest absolute Gasteiger partial charge is 0.477 e. The molecule has 0 bridgehead atoms. The SMILES string of the molecule is CCOc1cncc(-n2cc(C3CC3)c(C(N)=O)n2)n1. The van der Waals surface area contributed by atoms with Crippen molar-refractivity contribution in [1.82, 2.24) is 19.7 Å². The van der Waals surface area contributed by atoms with Crippen molar-refractivity contribution in [3.63, 3.8) is 0 Å². The molecule has 0 radical (unpaired) electrons. The predicted octanol–water partition coefficient (Wildman–Crippen LogP) is 1.04. The third-order valence-corrected chi connectivity index (χ3v) is 3.12. The molecule has 2 aromatic heterocycles. The Morgan fingerprint density at radius 1 is 1.50 bits per heavy atom. The molecule has 1 amide bonds. The van der Waals surface area contributed by atoms with E-state index in [1.807, 2.05) is 6.92 Å². The van der Waals surface area contributed by atoms with Crippen LogP contribution in [0.25, 0.3) is 5.82 Å². The normalized spacial score (nSPS) is 14.2. The van der Waals surface area contributed by atoms with E-state index in [9.17, 15) is 4.79 Å². The van der Waals surface area contributed by atoms with Crippen molar-refractivity contribution < 1.29 is 9.53 Å². The van der Waals surface area contributed by atoms with Crippen molar-refractivity contribution in [2.75, 3.05) is 6.61 Å². The summed E-state index contributed by atoms with van der Waals surface area (Å²) in [5.41, 5.74) is 6.58. The summed E-state index contributed by atoms with van der Waals surface area (Å²) in [4.78, 5) is 19.8. The Balaban J connectivity index is 1.99. The van der Waals surface area contributed by atoms with Gasteiger partial charge >= 0.3 is 0 Å². The highest BCUT2D eigenvalue weighted by Crippen LogP contribution is 2.41. The van der Waals surface area contributed by atoms with Crippen LogP contribution in [-0.4, -0.2) is 32.3 Å². The summed E-state index contributed by atoms with van der Waals surface area (Å²) in [6, 6.07) is 0. The number of hydrogen-bond donors (Lipinski definition) is 1. The number of hydrogen-bond acceptors (Lipinski definition) is 5. The standard InChI is InChI=1S/C13H15N5O2/c1-2-20-11-6-15-5-10(16-11)18-7-9(8-3-4-8)12(17-18)13(14)19/h5-8H,2-4H2,1H3,(H2,14,19). The molecule has 20 heavy (non-hydrogen) atoms. The Morgan fingerprint density at radius 2 is 2.30 bits per heavy atom. The van der Waals surface area contributed by atoms with Gasteiger partial charge in [-0.3, -0.25) is 9.78 Å². The van der Waals surface area contributed by atoms with E-state index in [0.29, 0.717) is 29.9 Å². The lowest BCUT2D eigenvalue weighted by Gasteiger charge is -2.03. The maximum atomic E-state index is 11.5. The molecular formula is C13H15N5O2. The van der Waals surface area contributed by atoms with E-state index in [-0.39, 0.29) is 0 Å². The van der Waals surface area contributed by atoms with E-state index in [1.165, 1.54) is 10.9 Å². The zero-order valence-corrected chi connectivity index (χ0v) is 11.1. The van der Waals surface area contributed by atoms with Crippen molar-refractivity contribution in [3.8, 4) is 11.7 Å². The molecule has 0 aromatic carbocycles. The van der Waals surface area contributed by atoms with Crippen molar-refractivity contribution in [2.24, 2.45) is 5.73 Å². The molecule has 0 unspecified atom stereocenters. The quantitative estimate of drug-likeness (QED) is 0.878. The Bertz CT molecular complexity index is 648. The maximum absolute atomic E-state index is 11.5. The van der Waals surface area contributed by atoms with E-state index in [2.05, 4.69) is 15.1 Å². The van der Waals surface area contributed by atoms with Crippen LogP contribution in [0.5, 0.6) is 5.88 Å². The summed E-state index contributed by atoms with van der Waals surface area (Å²) >= 11 is 0. The maximum Gasteiger partial charge on any atom is 0.269 e. The number of ether oxygens (including phenoxy) is 1. The lowest BCUT2D eigenvalue weighted by atomic mass is 10.1. The molecule has 0 spiro atoms. The van der Waals surface area contributed by atoms with E-state index < -0.39 is 5.91 Å². The average molecular weight is 273 g/mol. The molecule has 1 fully saturated rings. The molecule has 2 heterocycles. The summed E-state index contributed by atoms with van der Waals surface area (Å²) in [6.45, 7) is 2.38. The van der Waals surface area contributed by atoms with Gasteiger partial charge in [0.25, 0.3) is 5.91 Å². The molecule has 104 valence electrons. The first-order valence-electron chi connectivity index (χ1n) is 6.53. The predicted molar refractivity (Wildman–Crippen MR) is 70.8 cm³/mol. The van der Waals surface area contributed by atoms with E-state index in [1.54, 1.807) is 12.4 Å².